The Bertz CT molecular complexity index is 1010. The lowest BCUT2D eigenvalue weighted by Gasteiger charge is -2.17. The molecular formula is C22H23FN4S. The van der Waals surface area contributed by atoms with Gasteiger partial charge in [-0.25, -0.2) is 9.07 Å². The zero-order valence-electron chi connectivity index (χ0n) is 15.9. The topological polar surface area (TPSA) is 42.5 Å². The SMILES string of the molecule is CC(=Nn1c(-c2ccc(F)cc2)csc1=NC1CCCCC1)c1ccccn1. The summed E-state index contributed by atoms with van der Waals surface area (Å²) < 4.78 is 15.3. The average molecular weight is 395 g/mol. The summed E-state index contributed by atoms with van der Waals surface area (Å²) in [5.74, 6) is -0.245. The van der Waals surface area contributed by atoms with E-state index in [-0.39, 0.29) is 5.82 Å². The number of benzene rings is 1. The second kappa shape index (κ2) is 8.61. The van der Waals surface area contributed by atoms with Crippen molar-refractivity contribution in [3.8, 4) is 11.3 Å². The molecule has 3 aromatic rings. The van der Waals surface area contributed by atoms with Crippen LogP contribution in [0.5, 0.6) is 0 Å². The predicted molar refractivity (Wildman–Crippen MR) is 112 cm³/mol. The average Bonchev–Trinajstić information content (AvgIpc) is 3.12. The van der Waals surface area contributed by atoms with Crippen LogP contribution in [0.4, 0.5) is 4.39 Å². The van der Waals surface area contributed by atoms with Crippen molar-refractivity contribution < 1.29 is 4.39 Å². The van der Waals surface area contributed by atoms with Crippen molar-refractivity contribution in [3.05, 3.63) is 70.4 Å². The Morgan fingerprint density at radius 2 is 1.89 bits per heavy atom. The Kier molecular flexibility index (Phi) is 5.76. The van der Waals surface area contributed by atoms with Gasteiger partial charge in [-0.1, -0.05) is 25.3 Å². The third-order valence-electron chi connectivity index (χ3n) is 4.98. The molecule has 0 N–H and O–H groups in total. The van der Waals surface area contributed by atoms with Crippen LogP contribution in [-0.2, 0) is 0 Å². The normalized spacial score (nSPS) is 16.5. The highest BCUT2D eigenvalue weighted by molar-refractivity contribution is 7.07. The van der Waals surface area contributed by atoms with Gasteiger partial charge in [0.1, 0.15) is 5.82 Å². The summed E-state index contributed by atoms with van der Waals surface area (Å²) in [5.41, 5.74) is 3.47. The maximum absolute atomic E-state index is 13.4. The van der Waals surface area contributed by atoms with E-state index >= 15 is 0 Å². The van der Waals surface area contributed by atoms with Crippen LogP contribution >= 0.6 is 11.3 Å². The van der Waals surface area contributed by atoms with Crippen molar-refractivity contribution in [2.45, 2.75) is 45.1 Å². The van der Waals surface area contributed by atoms with E-state index in [1.54, 1.807) is 29.7 Å². The molecule has 1 saturated carbocycles. The van der Waals surface area contributed by atoms with E-state index in [1.165, 1.54) is 31.4 Å². The van der Waals surface area contributed by atoms with Crippen molar-refractivity contribution in [3.63, 3.8) is 0 Å². The van der Waals surface area contributed by atoms with E-state index < -0.39 is 0 Å². The maximum atomic E-state index is 13.4. The van der Waals surface area contributed by atoms with Crippen LogP contribution in [0, 0.1) is 5.82 Å². The summed E-state index contributed by atoms with van der Waals surface area (Å²) in [5, 5.41) is 6.89. The van der Waals surface area contributed by atoms with Crippen LogP contribution in [0.2, 0.25) is 0 Å². The quantitative estimate of drug-likeness (QED) is 0.557. The molecule has 1 aromatic carbocycles. The standard InChI is InChI=1S/C22H23FN4S/c1-16(20-9-5-6-14-24-20)26-27-21(17-10-12-18(23)13-11-17)15-28-22(27)25-19-7-3-2-4-8-19/h5-6,9-15,19H,2-4,7-8H2,1H3. The second-order valence-corrected chi connectivity index (χ2v) is 7.88. The largest absolute Gasteiger partial charge is 0.255 e. The number of hydrogen-bond donors (Lipinski definition) is 0. The Balaban J connectivity index is 1.81. The highest BCUT2D eigenvalue weighted by Crippen LogP contribution is 2.23. The lowest BCUT2D eigenvalue weighted by Crippen LogP contribution is -2.20. The molecule has 0 spiro atoms. The van der Waals surface area contributed by atoms with Crippen molar-refractivity contribution >= 4 is 17.0 Å². The van der Waals surface area contributed by atoms with Crippen molar-refractivity contribution in [1.82, 2.24) is 9.66 Å². The summed E-state index contributed by atoms with van der Waals surface area (Å²) >= 11 is 1.58. The van der Waals surface area contributed by atoms with Gasteiger partial charge in [0.2, 0.25) is 4.80 Å². The van der Waals surface area contributed by atoms with E-state index in [0.717, 1.165) is 40.3 Å². The molecule has 0 aliphatic heterocycles. The van der Waals surface area contributed by atoms with Crippen LogP contribution in [0.15, 0.2) is 64.1 Å². The first-order chi connectivity index (χ1) is 13.7. The molecule has 144 valence electrons. The Morgan fingerprint density at radius 1 is 1.11 bits per heavy atom. The number of halogens is 1. The molecule has 0 amide bonds. The molecule has 0 saturated heterocycles. The molecule has 1 fully saturated rings. The molecular weight excluding hydrogens is 371 g/mol. The zero-order chi connectivity index (χ0) is 19.3. The third-order valence-corrected chi connectivity index (χ3v) is 5.81. The van der Waals surface area contributed by atoms with Crippen LogP contribution in [0.1, 0.15) is 44.7 Å². The van der Waals surface area contributed by atoms with Crippen LogP contribution in [0.25, 0.3) is 11.3 Å². The molecule has 0 unspecified atom stereocenters. The first-order valence-corrected chi connectivity index (χ1v) is 10.6. The number of thiazole rings is 1. The summed E-state index contributed by atoms with van der Waals surface area (Å²) in [7, 11) is 0. The highest BCUT2D eigenvalue weighted by Gasteiger charge is 2.14. The first-order valence-electron chi connectivity index (χ1n) is 9.68. The summed E-state index contributed by atoms with van der Waals surface area (Å²) in [6.45, 7) is 1.95. The fourth-order valence-electron chi connectivity index (χ4n) is 3.45. The van der Waals surface area contributed by atoms with Gasteiger partial charge in [0.25, 0.3) is 0 Å². The van der Waals surface area contributed by atoms with E-state index in [4.69, 9.17) is 10.1 Å². The van der Waals surface area contributed by atoms with E-state index in [9.17, 15) is 4.39 Å². The molecule has 2 aromatic heterocycles. The zero-order valence-corrected chi connectivity index (χ0v) is 16.7. The minimum absolute atomic E-state index is 0.245. The minimum atomic E-state index is -0.245. The molecule has 4 nitrogen and oxygen atoms in total. The fourth-order valence-corrected chi connectivity index (χ4v) is 4.35. The van der Waals surface area contributed by atoms with Gasteiger partial charge in [-0.15, -0.1) is 11.3 Å². The van der Waals surface area contributed by atoms with Gasteiger partial charge in [0.05, 0.1) is 23.1 Å². The Morgan fingerprint density at radius 3 is 2.61 bits per heavy atom. The minimum Gasteiger partial charge on any atom is -0.255 e. The van der Waals surface area contributed by atoms with Crippen LogP contribution in [-0.4, -0.2) is 21.4 Å². The molecule has 2 heterocycles. The molecule has 1 aliphatic carbocycles. The fraction of sp³-hybridized carbons (Fsp3) is 0.318. The lowest BCUT2D eigenvalue weighted by molar-refractivity contribution is 0.435. The van der Waals surface area contributed by atoms with Crippen molar-refractivity contribution in [2.75, 3.05) is 0 Å². The smallest absolute Gasteiger partial charge is 0.206 e. The summed E-state index contributed by atoms with van der Waals surface area (Å²) in [6, 6.07) is 12.7. The van der Waals surface area contributed by atoms with Gasteiger partial charge >= 0.3 is 0 Å². The molecule has 28 heavy (non-hydrogen) atoms. The van der Waals surface area contributed by atoms with Crippen molar-refractivity contribution in [2.24, 2.45) is 10.1 Å². The lowest BCUT2D eigenvalue weighted by atomic mass is 9.96. The van der Waals surface area contributed by atoms with Gasteiger partial charge in [-0.3, -0.25) is 9.98 Å². The Labute approximate surface area is 168 Å². The summed E-state index contributed by atoms with van der Waals surface area (Å²) in [4.78, 5) is 10.3. The van der Waals surface area contributed by atoms with E-state index in [1.807, 2.05) is 35.2 Å². The van der Waals surface area contributed by atoms with Crippen LogP contribution < -0.4 is 4.80 Å². The molecule has 0 atom stereocenters. The first kappa shape index (κ1) is 18.7. The predicted octanol–water partition coefficient (Wildman–Crippen LogP) is 5.26. The maximum Gasteiger partial charge on any atom is 0.206 e. The van der Waals surface area contributed by atoms with Gasteiger partial charge in [-0.2, -0.15) is 5.10 Å². The Hall–Kier alpha value is -2.60. The molecule has 0 radical (unpaired) electrons. The number of rotatable bonds is 4. The number of aromatic nitrogens is 2. The number of hydrogen-bond acceptors (Lipinski definition) is 4. The van der Waals surface area contributed by atoms with E-state index in [2.05, 4.69) is 4.98 Å². The monoisotopic (exact) mass is 394 g/mol. The molecule has 0 bridgehead atoms. The van der Waals surface area contributed by atoms with Gasteiger partial charge in [-0.05, 0) is 56.2 Å². The van der Waals surface area contributed by atoms with Gasteiger partial charge in [0, 0.05) is 17.1 Å². The molecule has 6 heteroatoms. The molecule has 4 rings (SSSR count). The van der Waals surface area contributed by atoms with Gasteiger partial charge < -0.3 is 0 Å². The highest BCUT2D eigenvalue weighted by atomic mass is 32.1. The van der Waals surface area contributed by atoms with E-state index in [0.29, 0.717) is 6.04 Å². The number of pyridine rings is 1. The number of nitrogens with zero attached hydrogens (tertiary/aromatic N) is 4. The van der Waals surface area contributed by atoms with Crippen molar-refractivity contribution in [1.29, 1.82) is 0 Å². The second-order valence-electron chi connectivity index (χ2n) is 7.04. The third kappa shape index (κ3) is 4.28. The molecule has 1 aliphatic rings. The van der Waals surface area contributed by atoms with Crippen LogP contribution in [0.3, 0.4) is 0 Å². The summed E-state index contributed by atoms with van der Waals surface area (Å²) in [6.07, 6.45) is 7.80. The van der Waals surface area contributed by atoms with Gasteiger partial charge in [0.15, 0.2) is 0 Å².